The van der Waals surface area contributed by atoms with Crippen LogP contribution in [-0.4, -0.2) is 23.6 Å². The topological polar surface area (TPSA) is 60.5 Å². The first-order chi connectivity index (χ1) is 14.4. The number of carbonyl (C=O) groups is 1. The van der Waals surface area contributed by atoms with E-state index in [-0.39, 0.29) is 5.54 Å². The predicted octanol–water partition coefficient (Wildman–Crippen LogP) is 5.58. The van der Waals surface area contributed by atoms with Gasteiger partial charge < -0.3 is 14.8 Å². The Morgan fingerprint density at radius 1 is 1.07 bits per heavy atom. The molecular formula is C25H24N2O3. The fourth-order valence-electron chi connectivity index (χ4n) is 3.77. The number of pyridine rings is 1. The zero-order valence-corrected chi connectivity index (χ0v) is 17.5. The summed E-state index contributed by atoms with van der Waals surface area (Å²) in [5.41, 5.74) is 5.80. The number of anilines is 1. The van der Waals surface area contributed by atoms with E-state index >= 15 is 0 Å². The molecule has 0 saturated heterocycles. The van der Waals surface area contributed by atoms with E-state index in [1.807, 2.05) is 6.07 Å². The highest BCUT2D eigenvalue weighted by molar-refractivity contribution is 5.91. The molecule has 1 N–H and O–H groups in total. The third-order valence-corrected chi connectivity index (χ3v) is 5.07. The Morgan fingerprint density at radius 2 is 1.90 bits per heavy atom. The van der Waals surface area contributed by atoms with Gasteiger partial charge in [0.1, 0.15) is 11.5 Å². The minimum absolute atomic E-state index is 0.0733. The maximum atomic E-state index is 12.3. The molecule has 0 saturated carbocycles. The van der Waals surface area contributed by atoms with Crippen molar-refractivity contribution in [2.24, 2.45) is 0 Å². The van der Waals surface area contributed by atoms with Crippen LogP contribution in [-0.2, 0) is 0 Å². The van der Waals surface area contributed by atoms with Gasteiger partial charge in [-0.25, -0.2) is 4.79 Å². The summed E-state index contributed by atoms with van der Waals surface area (Å²) < 4.78 is 11.1. The van der Waals surface area contributed by atoms with Crippen LogP contribution in [0.3, 0.4) is 0 Å². The Bertz CT molecular complexity index is 1130. The number of hydrogen-bond acceptors (Lipinski definition) is 5. The highest BCUT2D eigenvalue weighted by Gasteiger charge is 2.23. The second-order valence-electron chi connectivity index (χ2n) is 7.93. The van der Waals surface area contributed by atoms with Gasteiger partial charge in [-0.1, -0.05) is 12.1 Å². The van der Waals surface area contributed by atoms with Crippen molar-refractivity contribution in [3.63, 3.8) is 0 Å². The number of hydrogen-bond donors (Lipinski definition) is 1. The average Bonchev–Trinajstić information content (AvgIpc) is 2.73. The van der Waals surface area contributed by atoms with Crippen molar-refractivity contribution in [3.05, 3.63) is 78.1 Å². The molecule has 0 unspecified atom stereocenters. The normalized spacial score (nSPS) is 14.2. The van der Waals surface area contributed by atoms with Crippen LogP contribution in [0.15, 0.2) is 67.0 Å². The van der Waals surface area contributed by atoms with Gasteiger partial charge in [0, 0.05) is 35.3 Å². The lowest BCUT2D eigenvalue weighted by atomic mass is 9.89. The van der Waals surface area contributed by atoms with Crippen LogP contribution in [0, 0.1) is 0 Å². The number of aromatic nitrogens is 1. The van der Waals surface area contributed by atoms with Crippen LogP contribution in [0.4, 0.5) is 5.69 Å². The van der Waals surface area contributed by atoms with E-state index in [0.717, 1.165) is 16.8 Å². The number of nitrogens with one attached hydrogen (secondary N) is 1. The lowest BCUT2D eigenvalue weighted by Crippen LogP contribution is -2.31. The Balaban J connectivity index is 1.64. The van der Waals surface area contributed by atoms with E-state index in [1.54, 1.807) is 37.6 Å². The summed E-state index contributed by atoms with van der Waals surface area (Å²) in [5, 5.41) is 3.55. The molecule has 3 aromatic rings. The molecule has 0 bridgehead atoms. The molecule has 1 aliphatic heterocycles. The van der Waals surface area contributed by atoms with E-state index in [1.165, 1.54) is 17.3 Å². The van der Waals surface area contributed by atoms with Gasteiger partial charge >= 0.3 is 5.97 Å². The Labute approximate surface area is 176 Å². The fraction of sp³-hybridized carbons (Fsp3) is 0.200. The van der Waals surface area contributed by atoms with Crippen LogP contribution in [0.2, 0.25) is 0 Å². The molecule has 0 atom stereocenters. The quantitative estimate of drug-likeness (QED) is 0.457. The SMILES string of the molecule is COc1cc(OC(=O)c2cccnc2)ccc1-c1ccc2c(c1)C(C)=CC(C)(C)N2. The smallest absolute Gasteiger partial charge is 0.345 e. The van der Waals surface area contributed by atoms with Gasteiger partial charge in [0.15, 0.2) is 0 Å². The molecule has 4 rings (SSSR count). The molecule has 2 aromatic carbocycles. The van der Waals surface area contributed by atoms with Crippen LogP contribution < -0.4 is 14.8 Å². The second-order valence-corrected chi connectivity index (χ2v) is 7.93. The number of rotatable bonds is 4. The molecular weight excluding hydrogens is 376 g/mol. The van der Waals surface area contributed by atoms with Gasteiger partial charge in [-0.05, 0) is 68.3 Å². The molecule has 5 nitrogen and oxygen atoms in total. The molecule has 0 radical (unpaired) electrons. The van der Waals surface area contributed by atoms with Crippen molar-refractivity contribution in [2.75, 3.05) is 12.4 Å². The van der Waals surface area contributed by atoms with Gasteiger partial charge in [-0.3, -0.25) is 4.98 Å². The fourth-order valence-corrected chi connectivity index (χ4v) is 3.77. The maximum absolute atomic E-state index is 12.3. The summed E-state index contributed by atoms with van der Waals surface area (Å²) >= 11 is 0. The number of benzene rings is 2. The summed E-state index contributed by atoms with van der Waals surface area (Å²) in [6, 6.07) is 15.1. The number of nitrogens with zero attached hydrogens (tertiary/aromatic N) is 1. The maximum Gasteiger partial charge on any atom is 0.345 e. The standard InChI is InChI=1S/C25H24N2O3/c1-16-14-25(2,3)27-22-10-7-17(12-21(16)22)20-9-8-19(13-23(20)29-4)30-24(28)18-6-5-11-26-15-18/h5-15,27H,1-4H3. The number of esters is 1. The molecule has 1 aliphatic rings. The molecule has 2 heterocycles. The Hall–Kier alpha value is -3.60. The lowest BCUT2D eigenvalue weighted by Gasteiger charge is -2.31. The summed E-state index contributed by atoms with van der Waals surface area (Å²) in [5.74, 6) is 0.597. The van der Waals surface area contributed by atoms with E-state index < -0.39 is 5.97 Å². The van der Waals surface area contributed by atoms with Crippen LogP contribution in [0.25, 0.3) is 16.7 Å². The number of methoxy groups -OCH3 is 1. The largest absolute Gasteiger partial charge is 0.496 e. The number of allylic oxidation sites excluding steroid dienone is 1. The third-order valence-electron chi connectivity index (χ3n) is 5.07. The summed E-state index contributed by atoms with van der Waals surface area (Å²) in [7, 11) is 1.61. The molecule has 30 heavy (non-hydrogen) atoms. The van der Waals surface area contributed by atoms with E-state index in [4.69, 9.17) is 9.47 Å². The first-order valence-electron chi connectivity index (χ1n) is 9.79. The van der Waals surface area contributed by atoms with Gasteiger partial charge in [0.05, 0.1) is 18.2 Å². The zero-order chi connectivity index (χ0) is 21.3. The Kier molecular flexibility index (Phi) is 5.04. The minimum Gasteiger partial charge on any atom is -0.496 e. The molecule has 1 aromatic heterocycles. The van der Waals surface area contributed by atoms with Gasteiger partial charge in [-0.15, -0.1) is 0 Å². The molecule has 0 spiro atoms. The number of carbonyl (C=O) groups excluding carboxylic acids is 1. The average molecular weight is 400 g/mol. The van der Waals surface area contributed by atoms with Crippen LogP contribution >= 0.6 is 0 Å². The van der Waals surface area contributed by atoms with Crippen molar-refractivity contribution in [3.8, 4) is 22.6 Å². The summed E-state index contributed by atoms with van der Waals surface area (Å²) in [6.07, 6.45) is 5.32. The minimum atomic E-state index is -0.457. The zero-order valence-electron chi connectivity index (χ0n) is 17.5. The molecule has 0 aliphatic carbocycles. The van der Waals surface area contributed by atoms with Crippen molar-refractivity contribution >= 4 is 17.2 Å². The number of ether oxygens (including phenoxy) is 2. The summed E-state index contributed by atoms with van der Waals surface area (Å²) in [6.45, 7) is 6.44. The van der Waals surface area contributed by atoms with Crippen molar-refractivity contribution in [2.45, 2.75) is 26.3 Å². The second kappa shape index (κ2) is 7.67. The van der Waals surface area contributed by atoms with Gasteiger partial charge in [0.25, 0.3) is 0 Å². The van der Waals surface area contributed by atoms with Crippen LogP contribution in [0.5, 0.6) is 11.5 Å². The van der Waals surface area contributed by atoms with Crippen molar-refractivity contribution in [1.29, 1.82) is 0 Å². The molecule has 5 heteroatoms. The highest BCUT2D eigenvalue weighted by Crippen LogP contribution is 2.39. The highest BCUT2D eigenvalue weighted by atomic mass is 16.5. The monoisotopic (exact) mass is 400 g/mol. The van der Waals surface area contributed by atoms with E-state index in [0.29, 0.717) is 17.1 Å². The third kappa shape index (κ3) is 3.92. The molecule has 152 valence electrons. The van der Waals surface area contributed by atoms with Crippen LogP contribution in [0.1, 0.15) is 36.7 Å². The van der Waals surface area contributed by atoms with Gasteiger partial charge in [-0.2, -0.15) is 0 Å². The first kappa shape index (κ1) is 19.7. The van der Waals surface area contributed by atoms with Crippen molar-refractivity contribution in [1.82, 2.24) is 4.98 Å². The van der Waals surface area contributed by atoms with Gasteiger partial charge in [0.2, 0.25) is 0 Å². The van der Waals surface area contributed by atoms with E-state index in [9.17, 15) is 4.79 Å². The first-order valence-corrected chi connectivity index (χ1v) is 9.79. The lowest BCUT2D eigenvalue weighted by molar-refractivity contribution is 0.0734. The number of fused-ring (bicyclic) bond motifs is 1. The van der Waals surface area contributed by atoms with E-state index in [2.05, 4.69) is 55.3 Å². The predicted molar refractivity (Wildman–Crippen MR) is 119 cm³/mol. The van der Waals surface area contributed by atoms with Crippen molar-refractivity contribution < 1.29 is 14.3 Å². The summed E-state index contributed by atoms with van der Waals surface area (Å²) in [4.78, 5) is 16.3. The molecule has 0 amide bonds. The molecule has 0 fully saturated rings. The Morgan fingerprint density at radius 3 is 2.63 bits per heavy atom.